The number of aliphatic hydroxyl groups excluding tert-OH is 2. The second-order valence-corrected chi connectivity index (χ2v) is 5.15. The van der Waals surface area contributed by atoms with Gasteiger partial charge in [-0.05, 0) is 13.8 Å². The molecule has 2 rings (SSSR count). The van der Waals surface area contributed by atoms with Gasteiger partial charge in [-0.25, -0.2) is 4.39 Å². The third-order valence-corrected chi connectivity index (χ3v) is 3.51. The van der Waals surface area contributed by atoms with Crippen LogP contribution in [-0.2, 0) is 9.53 Å². The minimum absolute atomic E-state index is 0.149. The molecule has 0 aromatic heterocycles. The first-order valence-corrected chi connectivity index (χ1v) is 5.84. The van der Waals surface area contributed by atoms with Crippen molar-refractivity contribution in [1.82, 2.24) is 10.2 Å². The van der Waals surface area contributed by atoms with Gasteiger partial charge in [0.05, 0.1) is 6.61 Å². The molecule has 3 N–H and O–H groups in total. The molecule has 0 radical (unpaired) electrons. The Hall–Kier alpha value is -1.44. The molecule has 106 valence electrons. The van der Waals surface area contributed by atoms with Crippen LogP contribution in [0.1, 0.15) is 13.8 Å². The quantitative estimate of drug-likeness (QED) is 0.637. The van der Waals surface area contributed by atoms with Crippen LogP contribution in [0.4, 0.5) is 4.39 Å². The first-order chi connectivity index (χ1) is 8.72. The predicted octanol–water partition coefficient (Wildman–Crippen LogP) is -0.401. The number of alkyl halides is 1. The van der Waals surface area contributed by atoms with Gasteiger partial charge in [0.1, 0.15) is 17.5 Å². The summed E-state index contributed by atoms with van der Waals surface area (Å²) in [5.74, 6) is -0.221. The molecule has 2 aliphatic rings. The van der Waals surface area contributed by atoms with Gasteiger partial charge in [0, 0.05) is 12.3 Å². The number of rotatable bonds is 2. The largest absolute Gasteiger partial charge is 0.393 e. The van der Waals surface area contributed by atoms with Crippen LogP contribution in [0, 0.1) is 0 Å². The van der Waals surface area contributed by atoms with Crippen LogP contribution in [0.5, 0.6) is 0 Å². The molecule has 1 fully saturated rings. The minimum atomic E-state index is -2.13. The number of carbonyl (C=O) groups excluding carboxylic acids is 1. The van der Waals surface area contributed by atoms with Crippen LogP contribution in [-0.4, -0.2) is 51.2 Å². The molecule has 0 bridgehead atoms. The number of ether oxygens (including phenoxy) is 1. The van der Waals surface area contributed by atoms with Crippen molar-refractivity contribution >= 4 is 5.91 Å². The molecule has 19 heavy (non-hydrogen) atoms. The number of aliphatic hydroxyl groups is 2. The highest BCUT2D eigenvalue weighted by molar-refractivity contribution is 5.89. The molecule has 2 heterocycles. The van der Waals surface area contributed by atoms with Crippen molar-refractivity contribution in [2.24, 2.45) is 0 Å². The van der Waals surface area contributed by atoms with Gasteiger partial charge in [-0.2, -0.15) is 0 Å². The minimum Gasteiger partial charge on any atom is -0.393 e. The number of nitrogens with zero attached hydrogens (tertiary/aromatic N) is 1. The second-order valence-electron chi connectivity index (χ2n) is 5.15. The Kier molecular flexibility index (Phi) is 3.16. The first-order valence-electron chi connectivity index (χ1n) is 5.84. The zero-order chi connectivity index (χ0) is 14.4. The number of carbonyl (C=O) groups is 1. The van der Waals surface area contributed by atoms with E-state index in [0.29, 0.717) is 0 Å². The zero-order valence-corrected chi connectivity index (χ0v) is 10.8. The topological polar surface area (TPSA) is 82.0 Å². The molecule has 0 aromatic rings. The predicted molar refractivity (Wildman–Crippen MR) is 64.1 cm³/mol. The van der Waals surface area contributed by atoms with Crippen LogP contribution in [0.15, 0.2) is 24.7 Å². The van der Waals surface area contributed by atoms with Crippen LogP contribution < -0.4 is 5.32 Å². The maximum atomic E-state index is 14.7. The van der Waals surface area contributed by atoms with Crippen LogP contribution >= 0.6 is 0 Å². The molecule has 2 aliphatic heterocycles. The van der Waals surface area contributed by atoms with Crippen LogP contribution in [0.3, 0.4) is 0 Å². The Morgan fingerprint density at radius 1 is 1.63 bits per heavy atom. The van der Waals surface area contributed by atoms with E-state index in [2.05, 4.69) is 11.9 Å². The van der Waals surface area contributed by atoms with E-state index in [1.54, 1.807) is 0 Å². The van der Waals surface area contributed by atoms with Crippen molar-refractivity contribution in [1.29, 1.82) is 0 Å². The number of hydrogen-bond acceptors (Lipinski definition) is 5. The zero-order valence-electron chi connectivity index (χ0n) is 10.8. The lowest BCUT2D eigenvalue weighted by molar-refractivity contribution is -0.130. The fourth-order valence-electron chi connectivity index (χ4n) is 2.33. The molecule has 0 aromatic carbocycles. The molecule has 7 heteroatoms. The van der Waals surface area contributed by atoms with Crippen LogP contribution in [0.2, 0.25) is 0 Å². The summed E-state index contributed by atoms with van der Waals surface area (Å²) in [5.41, 5.74) is -3.55. The number of halogens is 1. The second kappa shape index (κ2) is 4.29. The van der Waals surface area contributed by atoms with Gasteiger partial charge in [-0.3, -0.25) is 4.79 Å². The SMILES string of the molecule is C=C1NC(=O)C=CN1[C@@H]1O[C@](C)(CO)[C@@H](O)[C@@]1(C)F. The van der Waals surface area contributed by atoms with Crippen molar-refractivity contribution in [3.63, 3.8) is 0 Å². The summed E-state index contributed by atoms with van der Waals surface area (Å²) in [7, 11) is 0. The fourth-order valence-corrected chi connectivity index (χ4v) is 2.33. The van der Waals surface area contributed by atoms with E-state index in [-0.39, 0.29) is 11.7 Å². The summed E-state index contributed by atoms with van der Waals surface area (Å²) in [6.07, 6.45) is -0.160. The summed E-state index contributed by atoms with van der Waals surface area (Å²) < 4.78 is 20.1. The van der Waals surface area contributed by atoms with E-state index in [1.807, 2.05) is 0 Å². The molecule has 0 unspecified atom stereocenters. The van der Waals surface area contributed by atoms with Gasteiger partial charge in [-0.15, -0.1) is 0 Å². The normalized spacial score (nSPS) is 42.7. The lowest BCUT2D eigenvalue weighted by Gasteiger charge is -2.35. The highest BCUT2D eigenvalue weighted by Crippen LogP contribution is 2.43. The van der Waals surface area contributed by atoms with Gasteiger partial charge >= 0.3 is 0 Å². The number of amides is 1. The van der Waals surface area contributed by atoms with Crippen LogP contribution in [0.25, 0.3) is 0 Å². The Bertz CT molecular complexity index is 451. The summed E-state index contributed by atoms with van der Waals surface area (Å²) in [5, 5.41) is 21.7. The van der Waals surface area contributed by atoms with Crippen molar-refractivity contribution in [3.05, 3.63) is 24.7 Å². The fraction of sp³-hybridized carbons (Fsp3) is 0.583. The van der Waals surface area contributed by atoms with Crippen molar-refractivity contribution in [2.75, 3.05) is 6.61 Å². The smallest absolute Gasteiger partial charge is 0.250 e. The average molecular weight is 272 g/mol. The summed E-state index contributed by atoms with van der Waals surface area (Å²) in [4.78, 5) is 12.4. The molecule has 0 aliphatic carbocycles. The molecule has 1 amide bonds. The van der Waals surface area contributed by atoms with E-state index in [0.717, 1.165) is 0 Å². The monoisotopic (exact) mass is 272 g/mol. The summed E-state index contributed by atoms with van der Waals surface area (Å²) in [6.45, 7) is 5.68. The highest BCUT2D eigenvalue weighted by Gasteiger charge is 2.62. The molecule has 6 nitrogen and oxygen atoms in total. The van der Waals surface area contributed by atoms with Crippen molar-refractivity contribution in [3.8, 4) is 0 Å². The Balaban J connectivity index is 2.33. The van der Waals surface area contributed by atoms with E-state index in [9.17, 15) is 19.4 Å². The molecular formula is C12H17FN2O4. The van der Waals surface area contributed by atoms with E-state index in [4.69, 9.17) is 4.74 Å². The Morgan fingerprint density at radius 3 is 2.74 bits per heavy atom. The molecular weight excluding hydrogens is 255 g/mol. The average Bonchev–Trinajstić information content (AvgIpc) is 2.51. The maximum Gasteiger partial charge on any atom is 0.250 e. The van der Waals surface area contributed by atoms with Crippen molar-refractivity contribution in [2.45, 2.75) is 37.4 Å². The Morgan fingerprint density at radius 2 is 2.26 bits per heavy atom. The van der Waals surface area contributed by atoms with Gasteiger partial charge < -0.3 is 25.2 Å². The maximum absolute atomic E-state index is 14.7. The Labute approximate surface area is 110 Å². The summed E-state index contributed by atoms with van der Waals surface area (Å²) >= 11 is 0. The standard InChI is InChI=1S/C12H17FN2O4/c1-7-14-8(17)4-5-15(7)10-12(3,13)9(18)11(2,6-16)19-10/h4-5,9-10,16,18H,1,6H2,2-3H3,(H,14,17)/t9-,10-,11-,12-/m1/s1. The van der Waals surface area contributed by atoms with E-state index >= 15 is 0 Å². The first kappa shape index (κ1) is 14.0. The summed E-state index contributed by atoms with van der Waals surface area (Å²) in [6, 6.07) is 0. The number of hydrogen-bond donors (Lipinski definition) is 3. The third-order valence-electron chi connectivity index (χ3n) is 3.51. The number of nitrogens with one attached hydrogen (secondary N) is 1. The van der Waals surface area contributed by atoms with Gasteiger partial charge in [0.25, 0.3) is 5.91 Å². The van der Waals surface area contributed by atoms with Gasteiger partial charge in [0.2, 0.25) is 0 Å². The molecule has 0 saturated carbocycles. The molecule has 0 spiro atoms. The molecule has 4 atom stereocenters. The van der Waals surface area contributed by atoms with Crippen molar-refractivity contribution < 1.29 is 24.1 Å². The van der Waals surface area contributed by atoms with E-state index < -0.39 is 30.2 Å². The van der Waals surface area contributed by atoms with E-state index in [1.165, 1.54) is 31.0 Å². The third kappa shape index (κ3) is 2.03. The lowest BCUT2D eigenvalue weighted by atomic mass is 9.90. The van der Waals surface area contributed by atoms with Gasteiger partial charge in [0.15, 0.2) is 11.9 Å². The molecule has 1 saturated heterocycles. The lowest BCUT2D eigenvalue weighted by Crippen LogP contribution is -2.51. The van der Waals surface area contributed by atoms with Gasteiger partial charge in [-0.1, -0.05) is 6.58 Å². The highest BCUT2D eigenvalue weighted by atomic mass is 19.1.